The minimum atomic E-state index is -4.27. The molecule has 0 amide bonds. The molecule has 0 spiro atoms. The van der Waals surface area contributed by atoms with Gasteiger partial charge in [0.05, 0.1) is 5.56 Å². The van der Waals surface area contributed by atoms with Gasteiger partial charge in [-0.1, -0.05) is 18.2 Å². The van der Waals surface area contributed by atoms with Crippen molar-refractivity contribution in [1.82, 2.24) is 10.2 Å². The zero-order valence-corrected chi connectivity index (χ0v) is 12.0. The number of hydrogen-bond donors (Lipinski definition) is 1. The van der Waals surface area contributed by atoms with E-state index in [1.165, 1.54) is 18.6 Å². The van der Waals surface area contributed by atoms with Crippen LogP contribution in [0.3, 0.4) is 0 Å². The molecule has 1 saturated heterocycles. The molecule has 1 aliphatic carbocycles. The van der Waals surface area contributed by atoms with E-state index in [4.69, 9.17) is 0 Å². The molecule has 3 rings (SSSR count). The van der Waals surface area contributed by atoms with Gasteiger partial charge in [-0.25, -0.2) is 0 Å². The maximum atomic E-state index is 13.1. The van der Waals surface area contributed by atoms with E-state index >= 15 is 0 Å². The number of rotatable bonds is 5. The molecule has 1 aromatic rings. The molecule has 1 aromatic carbocycles. The van der Waals surface area contributed by atoms with Gasteiger partial charge in [-0.15, -0.1) is 0 Å². The van der Waals surface area contributed by atoms with E-state index in [2.05, 4.69) is 10.2 Å². The second kappa shape index (κ2) is 5.97. The molecular formula is C16H21F3N2. The molecule has 21 heavy (non-hydrogen) atoms. The van der Waals surface area contributed by atoms with Gasteiger partial charge in [-0.3, -0.25) is 4.90 Å². The van der Waals surface area contributed by atoms with Crippen molar-refractivity contribution < 1.29 is 13.2 Å². The van der Waals surface area contributed by atoms with Crippen LogP contribution in [0.25, 0.3) is 0 Å². The Morgan fingerprint density at radius 3 is 2.52 bits per heavy atom. The molecule has 0 bridgehead atoms. The Balaban J connectivity index is 1.73. The molecule has 1 unspecified atom stereocenters. The fraction of sp³-hybridized carbons (Fsp3) is 0.625. The van der Waals surface area contributed by atoms with Crippen molar-refractivity contribution in [3.63, 3.8) is 0 Å². The fourth-order valence-corrected chi connectivity index (χ4v) is 3.13. The third-order valence-corrected chi connectivity index (χ3v) is 4.38. The Kier molecular flexibility index (Phi) is 4.22. The number of nitrogens with one attached hydrogen (secondary N) is 1. The highest BCUT2D eigenvalue weighted by molar-refractivity contribution is 5.29. The summed E-state index contributed by atoms with van der Waals surface area (Å²) in [7, 11) is 0. The summed E-state index contributed by atoms with van der Waals surface area (Å²) in [6, 6.07) is 6.86. The van der Waals surface area contributed by atoms with E-state index in [1.807, 2.05) is 0 Å². The van der Waals surface area contributed by atoms with Gasteiger partial charge in [0.2, 0.25) is 0 Å². The average Bonchev–Trinajstić information content (AvgIpc) is 3.16. The number of halogens is 3. The van der Waals surface area contributed by atoms with Crippen LogP contribution in [0, 0.1) is 0 Å². The molecule has 116 valence electrons. The first-order valence-electron chi connectivity index (χ1n) is 7.66. The average molecular weight is 298 g/mol. The van der Waals surface area contributed by atoms with Crippen LogP contribution < -0.4 is 5.32 Å². The Morgan fingerprint density at radius 2 is 1.90 bits per heavy atom. The molecular weight excluding hydrogens is 277 g/mol. The Hall–Kier alpha value is -1.07. The van der Waals surface area contributed by atoms with Crippen molar-refractivity contribution in [1.29, 1.82) is 0 Å². The fourth-order valence-electron chi connectivity index (χ4n) is 3.13. The van der Waals surface area contributed by atoms with Gasteiger partial charge >= 0.3 is 6.18 Å². The molecule has 5 heteroatoms. The third-order valence-electron chi connectivity index (χ3n) is 4.38. The predicted molar refractivity (Wildman–Crippen MR) is 75.9 cm³/mol. The molecule has 1 atom stereocenters. The summed E-state index contributed by atoms with van der Waals surface area (Å²) in [6.45, 7) is 2.29. The quantitative estimate of drug-likeness (QED) is 0.896. The van der Waals surface area contributed by atoms with Crippen LogP contribution in [0.1, 0.15) is 36.8 Å². The van der Waals surface area contributed by atoms with Crippen molar-refractivity contribution in [2.24, 2.45) is 0 Å². The normalized spacial score (nSPS) is 23.0. The largest absolute Gasteiger partial charge is 0.416 e. The summed E-state index contributed by atoms with van der Waals surface area (Å²) in [5.74, 6) is 0. The van der Waals surface area contributed by atoms with E-state index in [9.17, 15) is 13.2 Å². The van der Waals surface area contributed by atoms with Gasteiger partial charge in [-0.2, -0.15) is 13.2 Å². The van der Waals surface area contributed by atoms with Gasteiger partial charge in [0.25, 0.3) is 0 Å². The standard InChI is InChI=1S/C16H21F3N2/c17-16(18,19)15-6-2-1-4-12(15)10-21(14-7-8-14)11-13-5-3-9-20-13/h1-2,4,6,13-14,20H,3,5,7-11H2. The van der Waals surface area contributed by atoms with Crippen LogP contribution in [0.15, 0.2) is 24.3 Å². The third kappa shape index (κ3) is 3.77. The van der Waals surface area contributed by atoms with Crippen molar-refractivity contribution in [3.05, 3.63) is 35.4 Å². The van der Waals surface area contributed by atoms with Crippen LogP contribution in [0.4, 0.5) is 13.2 Å². The van der Waals surface area contributed by atoms with E-state index in [1.54, 1.807) is 12.1 Å². The predicted octanol–water partition coefficient (Wildman–Crippen LogP) is 3.42. The van der Waals surface area contributed by atoms with Crippen molar-refractivity contribution in [2.45, 2.75) is 50.5 Å². The first kappa shape index (κ1) is 14.9. The first-order valence-corrected chi connectivity index (χ1v) is 7.66. The lowest BCUT2D eigenvalue weighted by molar-refractivity contribution is -0.138. The smallest absolute Gasteiger partial charge is 0.313 e. The highest BCUT2D eigenvalue weighted by atomic mass is 19.4. The van der Waals surface area contributed by atoms with E-state index < -0.39 is 11.7 Å². The summed E-state index contributed by atoms with van der Waals surface area (Å²) >= 11 is 0. The maximum Gasteiger partial charge on any atom is 0.416 e. The lowest BCUT2D eigenvalue weighted by Crippen LogP contribution is -2.38. The van der Waals surface area contributed by atoms with Gasteiger partial charge < -0.3 is 5.32 Å². The Morgan fingerprint density at radius 1 is 1.14 bits per heavy atom. The van der Waals surface area contributed by atoms with Crippen LogP contribution in [-0.2, 0) is 12.7 Å². The number of benzene rings is 1. The molecule has 1 saturated carbocycles. The number of alkyl halides is 3. The minimum Gasteiger partial charge on any atom is -0.313 e. The second-order valence-corrected chi connectivity index (χ2v) is 6.11. The summed E-state index contributed by atoms with van der Waals surface area (Å²) in [4.78, 5) is 2.23. The van der Waals surface area contributed by atoms with E-state index in [-0.39, 0.29) is 0 Å². The van der Waals surface area contributed by atoms with E-state index in [0.717, 1.165) is 32.4 Å². The Bertz CT molecular complexity index is 477. The lowest BCUT2D eigenvalue weighted by atomic mass is 10.1. The number of nitrogens with zero attached hydrogens (tertiary/aromatic N) is 1. The number of hydrogen-bond acceptors (Lipinski definition) is 2. The second-order valence-electron chi connectivity index (χ2n) is 6.11. The van der Waals surface area contributed by atoms with Gasteiger partial charge in [-0.05, 0) is 43.9 Å². The molecule has 1 N–H and O–H groups in total. The SMILES string of the molecule is FC(F)(F)c1ccccc1CN(CC1CCCN1)C1CC1. The first-order chi connectivity index (χ1) is 10.0. The summed E-state index contributed by atoms with van der Waals surface area (Å²) in [5, 5.41) is 3.44. The molecule has 2 fully saturated rings. The van der Waals surface area contributed by atoms with Crippen molar-refractivity contribution >= 4 is 0 Å². The highest BCUT2D eigenvalue weighted by Crippen LogP contribution is 2.35. The Labute approximate surface area is 123 Å². The van der Waals surface area contributed by atoms with Gasteiger partial charge in [0.15, 0.2) is 0 Å². The topological polar surface area (TPSA) is 15.3 Å². The highest BCUT2D eigenvalue weighted by Gasteiger charge is 2.36. The lowest BCUT2D eigenvalue weighted by Gasteiger charge is -2.27. The molecule has 2 aliphatic rings. The van der Waals surface area contributed by atoms with Gasteiger partial charge in [0, 0.05) is 25.2 Å². The molecule has 2 nitrogen and oxygen atoms in total. The van der Waals surface area contributed by atoms with Crippen molar-refractivity contribution in [3.8, 4) is 0 Å². The monoisotopic (exact) mass is 298 g/mol. The summed E-state index contributed by atoms with van der Waals surface area (Å²) in [6.07, 6.45) is 0.256. The van der Waals surface area contributed by atoms with Crippen LogP contribution in [0.5, 0.6) is 0 Å². The van der Waals surface area contributed by atoms with Gasteiger partial charge in [0.1, 0.15) is 0 Å². The maximum absolute atomic E-state index is 13.1. The zero-order valence-electron chi connectivity index (χ0n) is 12.0. The van der Waals surface area contributed by atoms with Crippen LogP contribution in [-0.4, -0.2) is 30.1 Å². The molecule has 1 aliphatic heterocycles. The zero-order chi connectivity index (χ0) is 14.9. The molecule has 0 aromatic heterocycles. The van der Waals surface area contributed by atoms with Crippen molar-refractivity contribution in [2.75, 3.05) is 13.1 Å². The summed E-state index contributed by atoms with van der Waals surface area (Å²) < 4.78 is 39.3. The van der Waals surface area contributed by atoms with Crippen LogP contribution >= 0.6 is 0 Å². The molecule has 1 heterocycles. The van der Waals surface area contributed by atoms with E-state index in [0.29, 0.717) is 24.2 Å². The molecule has 0 radical (unpaired) electrons. The van der Waals surface area contributed by atoms with Crippen LogP contribution in [0.2, 0.25) is 0 Å². The summed E-state index contributed by atoms with van der Waals surface area (Å²) in [5.41, 5.74) is -0.0927. The minimum absolute atomic E-state index is 0.398.